The van der Waals surface area contributed by atoms with Crippen LogP contribution >= 0.6 is 34.2 Å². The molecular weight excluding hydrogens is 298 g/mol. The van der Waals surface area contributed by atoms with Crippen molar-refractivity contribution in [3.05, 3.63) is 0 Å². The number of hydrogen-bond donors (Lipinski definition) is 0. The second kappa shape index (κ2) is 5.76. The summed E-state index contributed by atoms with van der Waals surface area (Å²) in [6.07, 6.45) is 1.08. The first-order chi connectivity index (χ1) is 5.83. The van der Waals surface area contributed by atoms with Gasteiger partial charge in [-0.05, 0) is 18.8 Å². The molecular formula is C10H20ClIO. The van der Waals surface area contributed by atoms with Gasteiger partial charge < -0.3 is 4.74 Å². The van der Waals surface area contributed by atoms with E-state index in [4.69, 9.17) is 16.3 Å². The van der Waals surface area contributed by atoms with E-state index in [0.29, 0.717) is 11.3 Å². The Labute approximate surface area is 101 Å². The molecule has 0 aromatic carbocycles. The molecule has 0 spiro atoms. The fourth-order valence-electron chi connectivity index (χ4n) is 0.716. The van der Waals surface area contributed by atoms with E-state index in [0.717, 1.165) is 17.5 Å². The first-order valence-corrected chi connectivity index (χ1v) is 6.65. The predicted molar refractivity (Wildman–Crippen MR) is 68.0 cm³/mol. The average Bonchev–Trinajstić information content (AvgIpc) is 2.02. The lowest BCUT2D eigenvalue weighted by Crippen LogP contribution is -2.33. The predicted octanol–water partition coefficient (Wildman–Crippen LogP) is 3.87. The van der Waals surface area contributed by atoms with Gasteiger partial charge in [-0.2, -0.15) is 0 Å². The Kier molecular flexibility index (Phi) is 6.20. The van der Waals surface area contributed by atoms with E-state index in [2.05, 4.69) is 50.3 Å². The van der Waals surface area contributed by atoms with E-state index in [1.165, 1.54) is 0 Å². The monoisotopic (exact) mass is 318 g/mol. The quantitative estimate of drug-likeness (QED) is 0.552. The minimum absolute atomic E-state index is 0.145. The maximum Gasteiger partial charge on any atom is 0.0878 e. The molecule has 0 aromatic heterocycles. The summed E-state index contributed by atoms with van der Waals surface area (Å²) in [5.74, 6) is 0.570. The smallest absolute Gasteiger partial charge is 0.0878 e. The zero-order valence-electron chi connectivity index (χ0n) is 8.99. The van der Waals surface area contributed by atoms with Gasteiger partial charge in [-0.25, -0.2) is 0 Å². The van der Waals surface area contributed by atoms with Crippen molar-refractivity contribution in [2.75, 3.05) is 16.9 Å². The molecule has 0 rings (SSSR count). The lowest BCUT2D eigenvalue weighted by Gasteiger charge is -2.27. The summed E-state index contributed by atoms with van der Waals surface area (Å²) in [6, 6.07) is 0. The molecule has 0 N–H and O–H groups in total. The summed E-state index contributed by atoms with van der Waals surface area (Å²) in [7, 11) is 0. The molecule has 0 saturated carbocycles. The van der Waals surface area contributed by atoms with Gasteiger partial charge in [0.25, 0.3) is 0 Å². The molecule has 0 saturated heterocycles. The van der Waals surface area contributed by atoms with E-state index in [1.807, 2.05) is 0 Å². The highest BCUT2D eigenvalue weighted by Crippen LogP contribution is 2.22. The van der Waals surface area contributed by atoms with E-state index >= 15 is 0 Å². The Bertz CT molecular complexity index is 138. The van der Waals surface area contributed by atoms with E-state index in [-0.39, 0.29) is 5.60 Å². The largest absolute Gasteiger partial charge is 0.373 e. The van der Waals surface area contributed by atoms with Crippen molar-refractivity contribution >= 4 is 34.2 Å². The van der Waals surface area contributed by atoms with Gasteiger partial charge in [-0.3, -0.25) is 0 Å². The van der Waals surface area contributed by atoms with Crippen molar-refractivity contribution in [1.29, 1.82) is 0 Å². The number of alkyl halides is 2. The van der Waals surface area contributed by atoms with Crippen LogP contribution in [0.15, 0.2) is 0 Å². The van der Waals surface area contributed by atoms with E-state index < -0.39 is 0 Å². The van der Waals surface area contributed by atoms with Crippen LogP contribution in [0.1, 0.15) is 34.1 Å². The lowest BCUT2D eigenvalue weighted by atomic mass is 9.93. The Morgan fingerprint density at radius 2 is 1.77 bits per heavy atom. The second-order valence-electron chi connectivity index (χ2n) is 4.88. The molecule has 1 unspecified atom stereocenters. The van der Waals surface area contributed by atoms with Crippen LogP contribution in [-0.4, -0.2) is 22.5 Å². The van der Waals surface area contributed by atoms with E-state index in [1.54, 1.807) is 0 Å². The van der Waals surface area contributed by atoms with Gasteiger partial charge in [-0.1, -0.05) is 43.4 Å². The Hall–Kier alpha value is 0.980. The molecule has 1 atom stereocenters. The van der Waals surface area contributed by atoms with Gasteiger partial charge in [0.15, 0.2) is 0 Å². The normalized spacial score (nSPS) is 17.1. The van der Waals surface area contributed by atoms with Crippen molar-refractivity contribution in [2.45, 2.75) is 39.7 Å². The van der Waals surface area contributed by atoms with Gasteiger partial charge in [0, 0.05) is 11.0 Å². The summed E-state index contributed by atoms with van der Waals surface area (Å²) >= 11 is 8.15. The van der Waals surface area contributed by atoms with Crippen LogP contribution in [0, 0.1) is 5.41 Å². The molecule has 0 radical (unpaired) electrons. The highest BCUT2D eigenvalue weighted by molar-refractivity contribution is 14.1. The lowest BCUT2D eigenvalue weighted by molar-refractivity contribution is -0.00587. The molecule has 0 aromatic rings. The number of halogens is 2. The van der Waals surface area contributed by atoms with Crippen molar-refractivity contribution in [1.82, 2.24) is 0 Å². The average molecular weight is 319 g/mol. The summed E-state index contributed by atoms with van der Waals surface area (Å²) in [4.78, 5) is 0. The first kappa shape index (κ1) is 14.0. The van der Waals surface area contributed by atoms with Crippen LogP contribution in [0.2, 0.25) is 0 Å². The Morgan fingerprint density at radius 1 is 1.23 bits per heavy atom. The third-order valence-corrected chi connectivity index (χ3v) is 4.05. The van der Waals surface area contributed by atoms with Gasteiger partial charge in [0.05, 0.1) is 11.5 Å². The Balaban J connectivity index is 3.74. The zero-order chi connectivity index (χ0) is 10.5. The fourth-order valence-corrected chi connectivity index (χ4v) is 1.70. The van der Waals surface area contributed by atoms with Gasteiger partial charge >= 0.3 is 0 Å². The maximum absolute atomic E-state index is 5.83. The molecule has 0 heterocycles. The molecule has 80 valence electrons. The summed E-state index contributed by atoms with van der Waals surface area (Å²) < 4.78 is 6.71. The summed E-state index contributed by atoms with van der Waals surface area (Å²) in [5.41, 5.74) is 0.200. The topological polar surface area (TPSA) is 9.23 Å². The van der Waals surface area contributed by atoms with Gasteiger partial charge in [0.1, 0.15) is 0 Å². The minimum atomic E-state index is -0.145. The minimum Gasteiger partial charge on any atom is -0.373 e. The SMILES string of the molecule is CC(C)(C)CCOC(C)(CCl)CI. The Morgan fingerprint density at radius 3 is 2.08 bits per heavy atom. The molecule has 1 nitrogen and oxygen atoms in total. The highest BCUT2D eigenvalue weighted by Gasteiger charge is 2.23. The van der Waals surface area contributed by atoms with Crippen LogP contribution in [-0.2, 0) is 4.74 Å². The maximum atomic E-state index is 5.83. The van der Waals surface area contributed by atoms with Gasteiger partial charge in [0.2, 0.25) is 0 Å². The molecule has 0 bridgehead atoms. The fraction of sp³-hybridized carbons (Fsp3) is 1.00. The first-order valence-electron chi connectivity index (χ1n) is 4.59. The van der Waals surface area contributed by atoms with Crippen molar-refractivity contribution in [3.8, 4) is 0 Å². The molecule has 0 aliphatic heterocycles. The van der Waals surface area contributed by atoms with E-state index in [9.17, 15) is 0 Å². The molecule has 0 amide bonds. The molecule has 0 aliphatic rings. The van der Waals surface area contributed by atoms with Crippen LogP contribution in [0.3, 0.4) is 0 Å². The number of rotatable bonds is 5. The van der Waals surface area contributed by atoms with Crippen molar-refractivity contribution < 1.29 is 4.74 Å². The molecule has 3 heteroatoms. The third-order valence-electron chi connectivity index (χ3n) is 1.87. The summed E-state index contributed by atoms with van der Waals surface area (Å²) in [6.45, 7) is 9.53. The third kappa shape index (κ3) is 6.97. The molecule has 0 aliphatic carbocycles. The highest BCUT2D eigenvalue weighted by atomic mass is 127. The van der Waals surface area contributed by atoms with Crippen LogP contribution in [0.4, 0.5) is 0 Å². The van der Waals surface area contributed by atoms with Crippen LogP contribution in [0.25, 0.3) is 0 Å². The van der Waals surface area contributed by atoms with Gasteiger partial charge in [-0.15, -0.1) is 11.6 Å². The van der Waals surface area contributed by atoms with Crippen molar-refractivity contribution in [2.24, 2.45) is 5.41 Å². The number of ether oxygens (including phenoxy) is 1. The number of hydrogen-bond acceptors (Lipinski definition) is 1. The van der Waals surface area contributed by atoms with Crippen LogP contribution in [0.5, 0.6) is 0 Å². The molecule has 0 fully saturated rings. The van der Waals surface area contributed by atoms with Crippen LogP contribution < -0.4 is 0 Å². The van der Waals surface area contributed by atoms with Crippen molar-refractivity contribution in [3.63, 3.8) is 0 Å². The molecule has 13 heavy (non-hydrogen) atoms. The second-order valence-corrected chi connectivity index (χ2v) is 5.91. The standard InChI is InChI=1S/C10H20ClIO/c1-9(2,3)5-6-13-10(4,7-11)8-12/h5-8H2,1-4H3. The summed E-state index contributed by atoms with van der Waals surface area (Å²) in [5, 5.41) is 0. The zero-order valence-corrected chi connectivity index (χ0v) is 11.9.